The highest BCUT2D eigenvalue weighted by Crippen LogP contribution is 2.34. The van der Waals surface area contributed by atoms with Crippen molar-refractivity contribution in [3.8, 4) is 11.6 Å². The predicted octanol–water partition coefficient (Wildman–Crippen LogP) is 5.55. The molecule has 6 nitrogen and oxygen atoms in total. The SMILES string of the molecule is Cc1ccc(Oc2nc3c(C)cccn3c(=O)c2C=C2SC(=S)N(CCc3ccccc3)C2=O)cc1. The average Bonchev–Trinajstić information content (AvgIpc) is 3.14. The van der Waals surface area contributed by atoms with Gasteiger partial charge in [-0.25, -0.2) is 0 Å². The number of pyridine rings is 1. The van der Waals surface area contributed by atoms with Gasteiger partial charge in [-0.3, -0.25) is 18.9 Å². The Kier molecular flexibility index (Phi) is 6.71. The van der Waals surface area contributed by atoms with Crippen LogP contribution in [0.4, 0.5) is 0 Å². The zero-order valence-electron chi connectivity index (χ0n) is 19.8. The Morgan fingerprint density at radius 1 is 1.00 bits per heavy atom. The van der Waals surface area contributed by atoms with Crippen molar-refractivity contribution in [2.75, 3.05) is 6.54 Å². The molecule has 180 valence electrons. The van der Waals surface area contributed by atoms with Crippen molar-refractivity contribution in [2.45, 2.75) is 20.3 Å². The lowest BCUT2D eigenvalue weighted by atomic mass is 10.1. The van der Waals surface area contributed by atoms with E-state index in [2.05, 4.69) is 4.98 Å². The first-order valence-electron chi connectivity index (χ1n) is 11.5. The number of rotatable bonds is 6. The van der Waals surface area contributed by atoms with Gasteiger partial charge >= 0.3 is 0 Å². The van der Waals surface area contributed by atoms with E-state index in [4.69, 9.17) is 17.0 Å². The molecule has 1 fully saturated rings. The standard InChI is InChI=1S/C28H23N3O3S2/c1-18-10-12-21(13-11-18)34-25-22(26(32)30-15-6-7-19(2)24(30)29-25)17-23-27(33)31(28(35)36-23)16-14-20-8-4-3-5-9-20/h3-13,15,17H,14,16H2,1-2H3. The summed E-state index contributed by atoms with van der Waals surface area (Å²) in [5, 5.41) is 0. The molecule has 0 spiro atoms. The molecular weight excluding hydrogens is 490 g/mol. The first-order valence-corrected chi connectivity index (χ1v) is 12.7. The molecule has 36 heavy (non-hydrogen) atoms. The van der Waals surface area contributed by atoms with Crippen LogP contribution in [0.2, 0.25) is 0 Å². The minimum Gasteiger partial charge on any atom is -0.438 e. The molecule has 0 aliphatic carbocycles. The summed E-state index contributed by atoms with van der Waals surface area (Å²) in [7, 11) is 0. The normalized spacial score (nSPS) is 14.7. The van der Waals surface area contributed by atoms with Gasteiger partial charge in [0, 0.05) is 12.7 Å². The Bertz CT molecular complexity index is 1560. The van der Waals surface area contributed by atoms with Crippen LogP contribution in [0.1, 0.15) is 22.3 Å². The van der Waals surface area contributed by atoms with Crippen molar-refractivity contribution in [3.63, 3.8) is 0 Å². The number of nitrogens with zero attached hydrogens (tertiary/aromatic N) is 3. The minimum atomic E-state index is -0.319. The minimum absolute atomic E-state index is 0.146. The molecule has 0 N–H and O–H groups in total. The molecule has 8 heteroatoms. The van der Waals surface area contributed by atoms with Crippen molar-refractivity contribution >= 4 is 45.9 Å². The summed E-state index contributed by atoms with van der Waals surface area (Å²) in [6.07, 6.45) is 3.90. The number of benzene rings is 2. The van der Waals surface area contributed by atoms with Gasteiger partial charge < -0.3 is 4.74 Å². The van der Waals surface area contributed by atoms with Crippen LogP contribution < -0.4 is 10.3 Å². The van der Waals surface area contributed by atoms with Crippen molar-refractivity contribution in [3.05, 3.63) is 110 Å². The van der Waals surface area contributed by atoms with E-state index in [-0.39, 0.29) is 22.9 Å². The third kappa shape index (κ3) is 4.82. The molecule has 0 saturated carbocycles. The molecule has 1 saturated heterocycles. The first-order chi connectivity index (χ1) is 17.4. The second kappa shape index (κ2) is 10.1. The maximum absolute atomic E-state index is 13.5. The summed E-state index contributed by atoms with van der Waals surface area (Å²) in [5.74, 6) is 0.471. The van der Waals surface area contributed by atoms with Gasteiger partial charge in [-0.05, 0) is 55.7 Å². The van der Waals surface area contributed by atoms with Gasteiger partial charge in [0.1, 0.15) is 21.3 Å². The molecule has 1 aliphatic heterocycles. The smallest absolute Gasteiger partial charge is 0.269 e. The Morgan fingerprint density at radius 2 is 1.75 bits per heavy atom. The van der Waals surface area contributed by atoms with Crippen LogP contribution in [0.25, 0.3) is 11.7 Å². The summed E-state index contributed by atoms with van der Waals surface area (Å²) in [6.45, 7) is 4.33. The number of ether oxygens (including phenoxy) is 1. The number of hydrogen-bond acceptors (Lipinski definition) is 6. The van der Waals surface area contributed by atoms with Crippen molar-refractivity contribution in [2.24, 2.45) is 0 Å². The molecular formula is C28H23N3O3S2. The molecule has 2 aromatic carbocycles. The fourth-order valence-corrected chi connectivity index (χ4v) is 5.21. The molecule has 2 aromatic heterocycles. The van der Waals surface area contributed by atoms with E-state index in [1.807, 2.05) is 74.5 Å². The summed E-state index contributed by atoms with van der Waals surface area (Å²) >= 11 is 6.68. The largest absolute Gasteiger partial charge is 0.438 e. The monoisotopic (exact) mass is 513 g/mol. The third-order valence-electron chi connectivity index (χ3n) is 5.90. The molecule has 0 radical (unpaired) electrons. The quantitative estimate of drug-likeness (QED) is 0.249. The van der Waals surface area contributed by atoms with Crippen molar-refractivity contribution < 1.29 is 9.53 Å². The zero-order chi connectivity index (χ0) is 25.2. The van der Waals surface area contributed by atoms with Gasteiger partial charge in [0.25, 0.3) is 11.5 Å². The number of thiocarbonyl (C=S) groups is 1. The Labute approximate surface area is 218 Å². The van der Waals surface area contributed by atoms with Crippen molar-refractivity contribution in [1.82, 2.24) is 14.3 Å². The van der Waals surface area contributed by atoms with Gasteiger partial charge in [0.05, 0.1) is 4.91 Å². The van der Waals surface area contributed by atoms with Gasteiger partial charge in [0.2, 0.25) is 5.88 Å². The molecule has 0 bridgehead atoms. The molecule has 4 aromatic rings. The number of thioether (sulfide) groups is 1. The van der Waals surface area contributed by atoms with Gasteiger partial charge in [-0.1, -0.05) is 78.1 Å². The Hall–Kier alpha value is -3.75. The number of fused-ring (bicyclic) bond motifs is 1. The highest BCUT2D eigenvalue weighted by Gasteiger charge is 2.32. The van der Waals surface area contributed by atoms with Crippen LogP contribution >= 0.6 is 24.0 Å². The summed E-state index contributed by atoms with van der Waals surface area (Å²) in [6, 6.07) is 21.1. The van der Waals surface area contributed by atoms with Gasteiger partial charge in [0.15, 0.2) is 0 Å². The number of carbonyl (C=O) groups excluding carboxylic acids is 1. The van der Waals surface area contributed by atoms with E-state index in [1.54, 1.807) is 23.2 Å². The topological polar surface area (TPSA) is 63.9 Å². The lowest BCUT2D eigenvalue weighted by molar-refractivity contribution is -0.122. The van der Waals surface area contributed by atoms with Gasteiger partial charge in [-0.15, -0.1) is 0 Å². The van der Waals surface area contributed by atoms with Crippen LogP contribution in [-0.4, -0.2) is 31.1 Å². The fraction of sp³-hybridized carbons (Fsp3) is 0.143. The first kappa shape index (κ1) is 24.0. The van der Waals surface area contributed by atoms with Crippen molar-refractivity contribution in [1.29, 1.82) is 0 Å². The van der Waals surface area contributed by atoms with E-state index in [1.165, 1.54) is 16.2 Å². The second-order valence-electron chi connectivity index (χ2n) is 8.50. The highest BCUT2D eigenvalue weighted by molar-refractivity contribution is 8.26. The lowest BCUT2D eigenvalue weighted by Crippen LogP contribution is -2.30. The van der Waals surface area contributed by atoms with E-state index in [0.29, 0.717) is 33.6 Å². The van der Waals surface area contributed by atoms with E-state index < -0.39 is 0 Å². The maximum Gasteiger partial charge on any atom is 0.269 e. The van der Waals surface area contributed by atoms with Crippen LogP contribution in [0.15, 0.2) is 82.6 Å². The molecule has 3 heterocycles. The summed E-state index contributed by atoms with van der Waals surface area (Å²) < 4.78 is 8.01. The maximum atomic E-state index is 13.5. The summed E-state index contributed by atoms with van der Waals surface area (Å²) in [4.78, 5) is 33.4. The molecule has 5 rings (SSSR count). The van der Waals surface area contributed by atoms with Crippen LogP contribution in [0.5, 0.6) is 11.6 Å². The molecule has 1 aliphatic rings. The van der Waals surface area contributed by atoms with E-state index in [0.717, 1.165) is 16.7 Å². The predicted molar refractivity (Wildman–Crippen MR) is 147 cm³/mol. The second-order valence-corrected chi connectivity index (χ2v) is 10.2. The van der Waals surface area contributed by atoms with E-state index >= 15 is 0 Å². The molecule has 0 unspecified atom stereocenters. The number of hydrogen-bond donors (Lipinski definition) is 0. The zero-order valence-corrected chi connectivity index (χ0v) is 21.4. The molecule has 0 atom stereocenters. The average molecular weight is 514 g/mol. The third-order valence-corrected chi connectivity index (χ3v) is 7.28. The van der Waals surface area contributed by atoms with E-state index in [9.17, 15) is 9.59 Å². The number of aromatic nitrogens is 2. The lowest BCUT2D eigenvalue weighted by Gasteiger charge is -2.14. The Morgan fingerprint density at radius 3 is 2.50 bits per heavy atom. The number of amides is 1. The fourth-order valence-electron chi connectivity index (χ4n) is 3.92. The Balaban J connectivity index is 1.53. The van der Waals surface area contributed by atoms with Crippen LogP contribution in [0.3, 0.4) is 0 Å². The van der Waals surface area contributed by atoms with Crippen LogP contribution in [0, 0.1) is 13.8 Å². The van der Waals surface area contributed by atoms with Gasteiger partial charge in [-0.2, -0.15) is 4.98 Å². The number of aryl methyl sites for hydroxylation is 2. The summed E-state index contributed by atoms with van der Waals surface area (Å²) in [5.41, 5.74) is 3.42. The molecule has 1 amide bonds. The number of carbonyl (C=O) groups is 1. The van der Waals surface area contributed by atoms with Crippen LogP contribution in [-0.2, 0) is 11.2 Å². The highest BCUT2D eigenvalue weighted by atomic mass is 32.2.